The molecular weight excluding hydrogens is 296 g/mol. The van der Waals surface area contributed by atoms with Crippen LogP contribution in [0.5, 0.6) is 0 Å². The third-order valence-electron chi connectivity index (χ3n) is 3.61. The topological polar surface area (TPSA) is 40.6 Å². The number of nitrogens with zero attached hydrogens (tertiary/aromatic N) is 3. The number of morpholine rings is 1. The first kappa shape index (κ1) is 17.1. The standard InChI is InChI=1S/C16H26N4OS/c1-14(2)18-16(22)20(13-15-3-5-17-6-4-15)8-7-19-9-11-21-12-10-19/h3-6,14H,7-13H2,1-2H3,(H,18,22). The van der Waals surface area contributed by atoms with Crippen LogP contribution in [0.4, 0.5) is 0 Å². The van der Waals surface area contributed by atoms with Crippen LogP contribution in [0, 0.1) is 0 Å². The Labute approximate surface area is 138 Å². The highest BCUT2D eigenvalue weighted by molar-refractivity contribution is 7.80. The molecule has 0 bridgehead atoms. The van der Waals surface area contributed by atoms with Crippen LogP contribution in [0.3, 0.4) is 0 Å². The maximum Gasteiger partial charge on any atom is 0.169 e. The Morgan fingerprint density at radius 2 is 2.05 bits per heavy atom. The summed E-state index contributed by atoms with van der Waals surface area (Å²) in [6.07, 6.45) is 3.66. The fourth-order valence-corrected chi connectivity index (χ4v) is 2.78. The minimum atomic E-state index is 0.343. The molecule has 0 atom stereocenters. The molecule has 5 nitrogen and oxygen atoms in total. The van der Waals surface area contributed by atoms with Crippen LogP contribution in [-0.2, 0) is 11.3 Å². The van der Waals surface area contributed by atoms with E-state index in [-0.39, 0.29) is 0 Å². The van der Waals surface area contributed by atoms with Crippen molar-refractivity contribution >= 4 is 17.3 Å². The average molecular weight is 322 g/mol. The predicted molar refractivity (Wildman–Crippen MR) is 92.8 cm³/mol. The Kier molecular flexibility index (Phi) is 7.02. The number of rotatable bonds is 6. The molecule has 2 rings (SSSR count). The van der Waals surface area contributed by atoms with Gasteiger partial charge in [0, 0.05) is 51.2 Å². The van der Waals surface area contributed by atoms with Gasteiger partial charge in [0.15, 0.2) is 5.11 Å². The van der Waals surface area contributed by atoms with Crippen molar-refractivity contribution in [2.45, 2.75) is 26.4 Å². The number of aromatic nitrogens is 1. The molecule has 22 heavy (non-hydrogen) atoms. The van der Waals surface area contributed by atoms with Crippen LogP contribution in [-0.4, -0.2) is 65.3 Å². The zero-order valence-corrected chi connectivity index (χ0v) is 14.3. The summed E-state index contributed by atoms with van der Waals surface area (Å²) < 4.78 is 5.40. The van der Waals surface area contributed by atoms with Crippen molar-refractivity contribution in [1.82, 2.24) is 20.1 Å². The van der Waals surface area contributed by atoms with Gasteiger partial charge in [0.2, 0.25) is 0 Å². The van der Waals surface area contributed by atoms with Crippen molar-refractivity contribution in [3.8, 4) is 0 Å². The smallest absolute Gasteiger partial charge is 0.169 e. The third-order valence-corrected chi connectivity index (χ3v) is 3.99. The molecule has 6 heteroatoms. The molecule has 0 radical (unpaired) electrons. The van der Waals surface area contributed by atoms with Gasteiger partial charge >= 0.3 is 0 Å². The molecule has 0 aliphatic carbocycles. The number of hydrogen-bond acceptors (Lipinski definition) is 4. The van der Waals surface area contributed by atoms with E-state index in [2.05, 4.69) is 33.9 Å². The Morgan fingerprint density at radius 1 is 1.36 bits per heavy atom. The Balaban J connectivity index is 1.92. The summed E-state index contributed by atoms with van der Waals surface area (Å²) in [7, 11) is 0. The fourth-order valence-electron chi connectivity index (χ4n) is 2.39. The summed E-state index contributed by atoms with van der Waals surface area (Å²) in [6.45, 7) is 10.6. The lowest BCUT2D eigenvalue weighted by atomic mass is 10.2. The maximum absolute atomic E-state index is 5.57. The first-order chi connectivity index (χ1) is 10.6. The van der Waals surface area contributed by atoms with Crippen LogP contribution in [0.1, 0.15) is 19.4 Å². The molecule has 1 aromatic rings. The molecule has 0 amide bonds. The third kappa shape index (κ3) is 5.87. The first-order valence-corrected chi connectivity index (χ1v) is 8.30. The normalized spacial score (nSPS) is 15.8. The van der Waals surface area contributed by atoms with Gasteiger partial charge in [0.25, 0.3) is 0 Å². The molecule has 1 saturated heterocycles. The van der Waals surface area contributed by atoms with Crippen LogP contribution < -0.4 is 5.32 Å². The van der Waals surface area contributed by atoms with E-state index in [1.807, 2.05) is 24.5 Å². The van der Waals surface area contributed by atoms with Gasteiger partial charge in [0.05, 0.1) is 13.2 Å². The van der Waals surface area contributed by atoms with Crippen molar-refractivity contribution in [1.29, 1.82) is 0 Å². The van der Waals surface area contributed by atoms with Crippen molar-refractivity contribution < 1.29 is 4.74 Å². The van der Waals surface area contributed by atoms with E-state index < -0.39 is 0 Å². The Morgan fingerprint density at radius 3 is 2.68 bits per heavy atom. The second kappa shape index (κ2) is 9.02. The lowest BCUT2D eigenvalue weighted by Crippen LogP contribution is -2.47. The second-order valence-electron chi connectivity index (χ2n) is 5.84. The Bertz CT molecular complexity index is 449. The van der Waals surface area contributed by atoms with Gasteiger partial charge in [-0.1, -0.05) is 0 Å². The van der Waals surface area contributed by atoms with Gasteiger partial charge in [-0.3, -0.25) is 9.88 Å². The van der Waals surface area contributed by atoms with E-state index in [9.17, 15) is 0 Å². The molecule has 2 heterocycles. The van der Waals surface area contributed by atoms with Gasteiger partial charge in [-0.05, 0) is 43.8 Å². The van der Waals surface area contributed by atoms with Crippen molar-refractivity contribution in [2.24, 2.45) is 0 Å². The molecule has 1 aliphatic heterocycles. The molecule has 0 spiro atoms. The number of pyridine rings is 1. The highest BCUT2D eigenvalue weighted by Gasteiger charge is 2.15. The van der Waals surface area contributed by atoms with Crippen LogP contribution >= 0.6 is 12.2 Å². The SMILES string of the molecule is CC(C)NC(=S)N(CCN1CCOCC1)Cc1ccncc1. The summed E-state index contributed by atoms with van der Waals surface area (Å²) in [5.41, 5.74) is 1.23. The first-order valence-electron chi connectivity index (χ1n) is 7.89. The summed E-state index contributed by atoms with van der Waals surface area (Å²) in [6, 6.07) is 4.43. The molecule has 0 unspecified atom stereocenters. The monoisotopic (exact) mass is 322 g/mol. The van der Waals surface area contributed by atoms with E-state index >= 15 is 0 Å². The van der Waals surface area contributed by atoms with E-state index in [0.29, 0.717) is 6.04 Å². The quantitative estimate of drug-likeness (QED) is 0.801. The van der Waals surface area contributed by atoms with Crippen molar-refractivity contribution in [2.75, 3.05) is 39.4 Å². The molecular formula is C16H26N4OS. The minimum absolute atomic E-state index is 0.343. The number of nitrogens with one attached hydrogen (secondary N) is 1. The Hall–Kier alpha value is -1.24. The molecule has 1 fully saturated rings. The van der Waals surface area contributed by atoms with Crippen LogP contribution in [0.15, 0.2) is 24.5 Å². The molecule has 1 aromatic heterocycles. The zero-order chi connectivity index (χ0) is 15.8. The number of thiocarbonyl (C=S) groups is 1. The summed E-state index contributed by atoms with van der Waals surface area (Å²) in [4.78, 5) is 8.74. The summed E-state index contributed by atoms with van der Waals surface area (Å²) in [5, 5.41) is 4.17. The van der Waals surface area contributed by atoms with Crippen molar-refractivity contribution in [3.63, 3.8) is 0 Å². The van der Waals surface area contributed by atoms with Gasteiger partial charge in [-0.2, -0.15) is 0 Å². The predicted octanol–water partition coefficient (Wildman–Crippen LogP) is 1.50. The number of ether oxygens (including phenoxy) is 1. The van der Waals surface area contributed by atoms with Crippen LogP contribution in [0.25, 0.3) is 0 Å². The van der Waals surface area contributed by atoms with Gasteiger partial charge in [-0.15, -0.1) is 0 Å². The van der Waals surface area contributed by atoms with Crippen molar-refractivity contribution in [3.05, 3.63) is 30.1 Å². The average Bonchev–Trinajstić information content (AvgIpc) is 2.52. The van der Waals surface area contributed by atoms with Crippen LogP contribution in [0.2, 0.25) is 0 Å². The largest absolute Gasteiger partial charge is 0.379 e. The highest BCUT2D eigenvalue weighted by atomic mass is 32.1. The van der Waals surface area contributed by atoms with E-state index in [1.165, 1.54) is 5.56 Å². The number of hydrogen-bond donors (Lipinski definition) is 1. The molecule has 122 valence electrons. The summed E-state index contributed by atoms with van der Waals surface area (Å²) in [5.74, 6) is 0. The minimum Gasteiger partial charge on any atom is -0.379 e. The van der Waals surface area contributed by atoms with Gasteiger partial charge in [0.1, 0.15) is 0 Å². The zero-order valence-electron chi connectivity index (χ0n) is 13.5. The van der Waals surface area contributed by atoms with E-state index in [4.69, 9.17) is 17.0 Å². The summed E-state index contributed by atoms with van der Waals surface area (Å²) >= 11 is 5.57. The van der Waals surface area contributed by atoms with Gasteiger partial charge in [-0.25, -0.2) is 0 Å². The van der Waals surface area contributed by atoms with E-state index in [0.717, 1.165) is 51.0 Å². The van der Waals surface area contributed by atoms with E-state index in [1.54, 1.807) is 0 Å². The lowest BCUT2D eigenvalue weighted by molar-refractivity contribution is 0.0357. The fraction of sp³-hybridized carbons (Fsp3) is 0.625. The maximum atomic E-state index is 5.57. The second-order valence-corrected chi connectivity index (χ2v) is 6.22. The molecule has 1 aliphatic rings. The van der Waals surface area contributed by atoms with Gasteiger partial charge < -0.3 is 15.0 Å². The molecule has 0 saturated carbocycles. The highest BCUT2D eigenvalue weighted by Crippen LogP contribution is 2.06. The molecule has 0 aromatic carbocycles. The lowest BCUT2D eigenvalue weighted by Gasteiger charge is -2.32. The molecule has 1 N–H and O–H groups in total.